The molecule has 0 saturated carbocycles. The molecule has 4 heteroatoms. The van der Waals surface area contributed by atoms with Crippen molar-refractivity contribution in [3.63, 3.8) is 0 Å². The van der Waals surface area contributed by atoms with Crippen molar-refractivity contribution < 1.29 is 9.53 Å². The van der Waals surface area contributed by atoms with Crippen LogP contribution in [0.25, 0.3) is 0 Å². The number of anilines is 1. The van der Waals surface area contributed by atoms with Crippen molar-refractivity contribution >= 4 is 23.2 Å². The van der Waals surface area contributed by atoms with Crippen molar-refractivity contribution in [3.8, 4) is 5.75 Å². The molecular formula is C17H16ClNO2. The summed E-state index contributed by atoms with van der Waals surface area (Å²) in [6, 6.07) is 14.5. The number of hydrogen-bond donors (Lipinski definition) is 1. The maximum Gasteiger partial charge on any atom is 0.228 e. The summed E-state index contributed by atoms with van der Waals surface area (Å²) in [4.78, 5) is 12.1. The second-order valence-electron chi connectivity index (χ2n) is 4.45. The number of benzene rings is 2. The third-order valence-corrected chi connectivity index (χ3v) is 3.05. The van der Waals surface area contributed by atoms with Crippen LogP contribution < -0.4 is 10.1 Å². The molecule has 0 bridgehead atoms. The molecule has 0 heterocycles. The Morgan fingerprint density at radius 1 is 1.19 bits per heavy atom. The van der Waals surface area contributed by atoms with Crippen LogP contribution in [-0.4, -0.2) is 12.5 Å². The number of para-hydroxylation sites is 2. The van der Waals surface area contributed by atoms with Crippen molar-refractivity contribution in [2.75, 3.05) is 11.9 Å². The maximum absolute atomic E-state index is 12.1. The van der Waals surface area contributed by atoms with E-state index in [1.165, 1.54) is 0 Å². The number of nitrogens with one attached hydrogen (secondary N) is 1. The normalized spacial score (nSPS) is 9.95. The first-order valence-electron chi connectivity index (χ1n) is 6.56. The van der Waals surface area contributed by atoms with Gasteiger partial charge in [-0.3, -0.25) is 4.79 Å². The summed E-state index contributed by atoms with van der Waals surface area (Å²) in [7, 11) is 0. The van der Waals surface area contributed by atoms with Crippen LogP contribution in [0.2, 0.25) is 5.02 Å². The molecular weight excluding hydrogens is 286 g/mol. The molecule has 2 rings (SSSR count). The van der Waals surface area contributed by atoms with E-state index < -0.39 is 0 Å². The van der Waals surface area contributed by atoms with E-state index in [-0.39, 0.29) is 12.3 Å². The molecule has 1 amide bonds. The molecule has 2 aromatic carbocycles. The molecule has 0 fully saturated rings. The third-order valence-electron chi connectivity index (χ3n) is 2.80. The minimum Gasteiger partial charge on any atom is -0.487 e. The van der Waals surface area contributed by atoms with E-state index in [0.717, 1.165) is 5.56 Å². The van der Waals surface area contributed by atoms with Gasteiger partial charge in [-0.25, -0.2) is 0 Å². The van der Waals surface area contributed by atoms with E-state index in [9.17, 15) is 4.79 Å². The van der Waals surface area contributed by atoms with Gasteiger partial charge in [-0.05, 0) is 29.8 Å². The van der Waals surface area contributed by atoms with Gasteiger partial charge in [0, 0.05) is 5.02 Å². The molecule has 0 aliphatic heterocycles. The molecule has 1 N–H and O–H groups in total. The number of amides is 1. The smallest absolute Gasteiger partial charge is 0.228 e. The van der Waals surface area contributed by atoms with Gasteiger partial charge in [0.15, 0.2) is 0 Å². The zero-order chi connectivity index (χ0) is 15.1. The quantitative estimate of drug-likeness (QED) is 0.816. The summed E-state index contributed by atoms with van der Waals surface area (Å²) < 4.78 is 5.50. The molecule has 0 saturated heterocycles. The molecule has 0 radical (unpaired) electrons. The topological polar surface area (TPSA) is 38.3 Å². The third kappa shape index (κ3) is 4.65. The van der Waals surface area contributed by atoms with Crippen LogP contribution >= 0.6 is 11.6 Å². The molecule has 0 aliphatic carbocycles. The predicted octanol–water partition coefficient (Wildman–Crippen LogP) is 4.09. The number of halogens is 1. The first-order chi connectivity index (χ1) is 10.2. The lowest BCUT2D eigenvalue weighted by Gasteiger charge is -2.11. The zero-order valence-corrected chi connectivity index (χ0v) is 12.3. The first-order valence-corrected chi connectivity index (χ1v) is 6.94. The highest BCUT2D eigenvalue weighted by molar-refractivity contribution is 6.30. The van der Waals surface area contributed by atoms with E-state index in [2.05, 4.69) is 11.9 Å². The average Bonchev–Trinajstić information content (AvgIpc) is 2.49. The van der Waals surface area contributed by atoms with E-state index in [4.69, 9.17) is 16.3 Å². The van der Waals surface area contributed by atoms with Crippen LogP contribution in [0, 0.1) is 0 Å². The fraction of sp³-hybridized carbons (Fsp3) is 0.118. The number of carbonyl (C=O) groups excluding carboxylic acids is 1. The lowest BCUT2D eigenvalue weighted by atomic mass is 10.1. The first kappa shape index (κ1) is 15.1. The summed E-state index contributed by atoms with van der Waals surface area (Å²) >= 11 is 5.82. The lowest BCUT2D eigenvalue weighted by Crippen LogP contribution is -2.15. The predicted molar refractivity (Wildman–Crippen MR) is 85.9 cm³/mol. The van der Waals surface area contributed by atoms with E-state index >= 15 is 0 Å². The summed E-state index contributed by atoms with van der Waals surface area (Å²) in [5, 5.41) is 3.51. The molecule has 0 unspecified atom stereocenters. The number of rotatable bonds is 6. The van der Waals surface area contributed by atoms with Crippen molar-refractivity contribution in [1.29, 1.82) is 0 Å². The minimum atomic E-state index is -0.105. The molecule has 0 aromatic heterocycles. The van der Waals surface area contributed by atoms with Gasteiger partial charge >= 0.3 is 0 Å². The van der Waals surface area contributed by atoms with Crippen LogP contribution in [0.15, 0.2) is 61.2 Å². The zero-order valence-electron chi connectivity index (χ0n) is 11.5. The number of ether oxygens (including phenoxy) is 1. The molecule has 0 atom stereocenters. The van der Waals surface area contributed by atoms with Gasteiger partial charge in [-0.15, -0.1) is 0 Å². The van der Waals surface area contributed by atoms with Gasteiger partial charge in [0.2, 0.25) is 5.91 Å². The Hall–Kier alpha value is -2.26. The van der Waals surface area contributed by atoms with E-state index in [1.54, 1.807) is 30.3 Å². The van der Waals surface area contributed by atoms with Gasteiger partial charge < -0.3 is 10.1 Å². The van der Waals surface area contributed by atoms with Crippen molar-refractivity contribution in [3.05, 3.63) is 71.8 Å². The molecule has 21 heavy (non-hydrogen) atoms. The monoisotopic (exact) mass is 301 g/mol. The molecule has 2 aromatic rings. The Labute approximate surface area is 129 Å². The summed E-state index contributed by atoms with van der Waals surface area (Å²) in [5.41, 5.74) is 1.56. The fourth-order valence-electron chi connectivity index (χ4n) is 1.83. The Kier molecular flexibility index (Phi) is 5.41. The second-order valence-corrected chi connectivity index (χ2v) is 4.88. The average molecular weight is 302 g/mol. The lowest BCUT2D eigenvalue weighted by molar-refractivity contribution is -0.115. The molecule has 0 spiro atoms. The van der Waals surface area contributed by atoms with Gasteiger partial charge in [0.05, 0.1) is 12.1 Å². The second kappa shape index (κ2) is 7.50. The molecule has 3 nitrogen and oxygen atoms in total. The van der Waals surface area contributed by atoms with Gasteiger partial charge in [-0.2, -0.15) is 0 Å². The summed E-state index contributed by atoms with van der Waals surface area (Å²) in [6.07, 6.45) is 1.94. The minimum absolute atomic E-state index is 0.105. The maximum atomic E-state index is 12.1. The van der Waals surface area contributed by atoms with Gasteiger partial charge in [-0.1, -0.05) is 48.5 Å². The number of hydrogen-bond acceptors (Lipinski definition) is 2. The Bertz CT molecular complexity index is 623. The highest BCUT2D eigenvalue weighted by Crippen LogP contribution is 2.24. The van der Waals surface area contributed by atoms with Gasteiger partial charge in [0.1, 0.15) is 12.4 Å². The van der Waals surface area contributed by atoms with Crippen LogP contribution in [0.1, 0.15) is 5.56 Å². The molecule has 108 valence electrons. The Balaban J connectivity index is 2.02. The Morgan fingerprint density at radius 2 is 1.90 bits per heavy atom. The van der Waals surface area contributed by atoms with Crippen molar-refractivity contribution in [2.45, 2.75) is 6.42 Å². The summed E-state index contributed by atoms with van der Waals surface area (Å²) in [5.74, 6) is 0.522. The highest BCUT2D eigenvalue weighted by atomic mass is 35.5. The highest BCUT2D eigenvalue weighted by Gasteiger charge is 2.08. The van der Waals surface area contributed by atoms with E-state index in [1.807, 2.05) is 24.3 Å². The van der Waals surface area contributed by atoms with Crippen LogP contribution in [-0.2, 0) is 11.2 Å². The van der Waals surface area contributed by atoms with E-state index in [0.29, 0.717) is 23.1 Å². The van der Waals surface area contributed by atoms with Crippen LogP contribution in [0.4, 0.5) is 5.69 Å². The fourth-order valence-corrected chi connectivity index (χ4v) is 1.95. The SMILES string of the molecule is C=CCOc1ccccc1NC(=O)Cc1ccc(Cl)cc1. The number of carbonyl (C=O) groups is 1. The largest absolute Gasteiger partial charge is 0.487 e. The van der Waals surface area contributed by atoms with Crippen molar-refractivity contribution in [2.24, 2.45) is 0 Å². The summed E-state index contributed by atoms with van der Waals surface area (Å²) in [6.45, 7) is 4.00. The van der Waals surface area contributed by atoms with Crippen LogP contribution in [0.3, 0.4) is 0 Å². The molecule has 0 aliphatic rings. The van der Waals surface area contributed by atoms with Crippen LogP contribution in [0.5, 0.6) is 5.75 Å². The Morgan fingerprint density at radius 3 is 2.62 bits per heavy atom. The van der Waals surface area contributed by atoms with Crippen molar-refractivity contribution in [1.82, 2.24) is 0 Å². The standard InChI is InChI=1S/C17H16ClNO2/c1-2-11-21-16-6-4-3-5-15(16)19-17(20)12-13-7-9-14(18)10-8-13/h2-10H,1,11-12H2,(H,19,20). The van der Waals surface area contributed by atoms with Gasteiger partial charge in [0.25, 0.3) is 0 Å².